The molecular weight excluding hydrogens is 286 g/mol. The van der Waals surface area contributed by atoms with E-state index >= 15 is 0 Å². The molecule has 3 N–H and O–H groups in total. The molecule has 0 aliphatic heterocycles. The highest BCUT2D eigenvalue weighted by Crippen LogP contribution is 2.29. The van der Waals surface area contributed by atoms with E-state index < -0.39 is 17.7 Å². The van der Waals surface area contributed by atoms with Gasteiger partial charge >= 0.3 is 0 Å². The van der Waals surface area contributed by atoms with E-state index in [1.807, 2.05) is 0 Å². The molecule has 0 aliphatic rings. The smallest absolute Gasteiger partial charge is 0.142 e. The van der Waals surface area contributed by atoms with Gasteiger partial charge in [-0.25, -0.2) is 14.2 Å². The number of benzene rings is 2. The monoisotopic (exact) mass is 298 g/mol. The van der Waals surface area contributed by atoms with Gasteiger partial charge in [0.15, 0.2) is 0 Å². The van der Waals surface area contributed by atoms with Crippen molar-refractivity contribution >= 4 is 11.6 Å². The molecule has 20 heavy (non-hydrogen) atoms. The van der Waals surface area contributed by atoms with Gasteiger partial charge in [0.1, 0.15) is 17.4 Å². The number of ether oxygens (including phenoxy) is 1. The lowest BCUT2D eigenvalue weighted by molar-refractivity contribution is 0.413. The maximum Gasteiger partial charge on any atom is 0.142 e. The minimum Gasteiger partial charge on any atom is -0.497 e. The molecule has 0 heterocycles. The lowest BCUT2D eigenvalue weighted by atomic mass is 9.98. The van der Waals surface area contributed by atoms with E-state index in [1.165, 1.54) is 7.11 Å². The number of hydrogen-bond donors (Lipinski definition) is 2. The Kier molecular flexibility index (Phi) is 4.54. The molecule has 0 saturated heterocycles. The van der Waals surface area contributed by atoms with Gasteiger partial charge in [-0.1, -0.05) is 23.7 Å². The van der Waals surface area contributed by atoms with E-state index in [9.17, 15) is 8.78 Å². The number of halogens is 3. The first kappa shape index (κ1) is 14.7. The number of rotatable bonds is 4. The second-order valence-electron chi connectivity index (χ2n) is 4.16. The Hall–Kier alpha value is -1.69. The summed E-state index contributed by atoms with van der Waals surface area (Å²) in [5.41, 5.74) is 3.19. The van der Waals surface area contributed by atoms with E-state index in [0.717, 1.165) is 12.1 Å². The van der Waals surface area contributed by atoms with E-state index in [4.69, 9.17) is 22.2 Å². The van der Waals surface area contributed by atoms with Crippen LogP contribution in [0.2, 0.25) is 5.02 Å². The fourth-order valence-electron chi connectivity index (χ4n) is 1.95. The van der Waals surface area contributed by atoms with E-state index in [0.29, 0.717) is 11.3 Å². The third kappa shape index (κ3) is 2.90. The number of nitrogens with one attached hydrogen (secondary N) is 1. The topological polar surface area (TPSA) is 47.3 Å². The summed E-state index contributed by atoms with van der Waals surface area (Å²) in [6.45, 7) is 0. The third-order valence-corrected chi connectivity index (χ3v) is 3.23. The standard InChI is InChI=1S/C14H13ClF2N2O/c1-20-9-4-2-3-8(5-9)14(19-18)10-6-13(17)11(15)7-12(10)16/h2-7,14,19H,18H2,1H3. The molecule has 2 rings (SSSR count). The van der Waals surface area contributed by atoms with Crippen LogP contribution in [0.25, 0.3) is 0 Å². The highest BCUT2D eigenvalue weighted by atomic mass is 35.5. The van der Waals surface area contributed by atoms with Crippen LogP contribution in [-0.4, -0.2) is 7.11 Å². The van der Waals surface area contributed by atoms with E-state index in [-0.39, 0.29) is 10.6 Å². The van der Waals surface area contributed by atoms with E-state index in [2.05, 4.69) is 5.43 Å². The Balaban J connectivity index is 2.49. The van der Waals surface area contributed by atoms with Gasteiger partial charge in [0, 0.05) is 5.56 Å². The summed E-state index contributed by atoms with van der Waals surface area (Å²) in [7, 11) is 1.52. The molecule has 106 valence electrons. The van der Waals surface area contributed by atoms with Crippen molar-refractivity contribution in [3.05, 3.63) is 64.2 Å². The van der Waals surface area contributed by atoms with Gasteiger partial charge in [0.05, 0.1) is 18.2 Å². The molecule has 1 unspecified atom stereocenters. The predicted octanol–water partition coefficient (Wildman–Crippen LogP) is 3.18. The summed E-state index contributed by atoms with van der Waals surface area (Å²) in [5, 5.41) is -0.271. The average Bonchev–Trinajstić information content (AvgIpc) is 2.45. The SMILES string of the molecule is COc1cccc(C(NN)c2cc(F)c(Cl)cc2F)c1. The Morgan fingerprint density at radius 1 is 1.20 bits per heavy atom. The zero-order valence-electron chi connectivity index (χ0n) is 10.7. The first-order valence-electron chi connectivity index (χ1n) is 5.81. The average molecular weight is 299 g/mol. The van der Waals surface area contributed by atoms with E-state index in [1.54, 1.807) is 24.3 Å². The molecule has 0 radical (unpaired) electrons. The lowest BCUT2D eigenvalue weighted by Crippen LogP contribution is -2.29. The molecule has 0 bridgehead atoms. The molecule has 0 aliphatic carbocycles. The van der Waals surface area contributed by atoms with Gasteiger partial charge in [-0.3, -0.25) is 5.84 Å². The van der Waals surface area contributed by atoms with Crippen molar-refractivity contribution in [3.63, 3.8) is 0 Å². The molecule has 0 saturated carbocycles. The van der Waals surface area contributed by atoms with Crippen molar-refractivity contribution < 1.29 is 13.5 Å². The minimum atomic E-state index is -0.711. The summed E-state index contributed by atoms with van der Waals surface area (Å²) in [6.07, 6.45) is 0. The number of hydrogen-bond acceptors (Lipinski definition) is 3. The van der Waals surface area contributed by atoms with Gasteiger partial charge in [-0.15, -0.1) is 0 Å². The molecule has 0 aromatic heterocycles. The highest BCUT2D eigenvalue weighted by molar-refractivity contribution is 6.30. The Bertz CT molecular complexity index is 622. The Morgan fingerprint density at radius 3 is 2.60 bits per heavy atom. The van der Waals surface area contributed by atoms with Gasteiger partial charge in [0.25, 0.3) is 0 Å². The van der Waals surface area contributed by atoms with Crippen molar-refractivity contribution in [2.75, 3.05) is 7.11 Å². The summed E-state index contributed by atoms with van der Waals surface area (Å²) in [6, 6.07) is 8.16. The predicted molar refractivity (Wildman–Crippen MR) is 73.5 cm³/mol. The van der Waals surface area contributed by atoms with Crippen LogP contribution < -0.4 is 16.0 Å². The van der Waals surface area contributed by atoms with Crippen molar-refractivity contribution in [3.8, 4) is 5.75 Å². The van der Waals surface area contributed by atoms with Crippen LogP contribution in [0.4, 0.5) is 8.78 Å². The largest absolute Gasteiger partial charge is 0.497 e. The Labute approximate surface area is 120 Å². The van der Waals surface area contributed by atoms with Crippen LogP contribution in [0, 0.1) is 11.6 Å². The molecule has 0 fully saturated rings. The fourth-order valence-corrected chi connectivity index (χ4v) is 2.10. The Morgan fingerprint density at radius 2 is 1.95 bits per heavy atom. The molecular formula is C14H13ClF2N2O. The zero-order chi connectivity index (χ0) is 14.7. The lowest BCUT2D eigenvalue weighted by Gasteiger charge is -2.18. The summed E-state index contributed by atoms with van der Waals surface area (Å²) < 4.78 is 32.6. The second-order valence-corrected chi connectivity index (χ2v) is 4.57. The minimum absolute atomic E-state index is 0.0719. The number of nitrogens with two attached hydrogens (primary N) is 1. The van der Waals surface area contributed by atoms with Crippen LogP contribution in [0.1, 0.15) is 17.2 Å². The summed E-state index contributed by atoms with van der Waals surface area (Å²) >= 11 is 5.54. The van der Waals surface area contributed by atoms with Crippen LogP contribution in [0.15, 0.2) is 36.4 Å². The summed E-state index contributed by atoms with van der Waals surface area (Å²) in [4.78, 5) is 0. The third-order valence-electron chi connectivity index (χ3n) is 2.94. The molecule has 1 atom stereocenters. The van der Waals surface area contributed by atoms with Crippen LogP contribution in [0.3, 0.4) is 0 Å². The van der Waals surface area contributed by atoms with Crippen molar-refractivity contribution in [1.29, 1.82) is 0 Å². The maximum absolute atomic E-state index is 14.0. The molecule has 2 aromatic carbocycles. The highest BCUT2D eigenvalue weighted by Gasteiger charge is 2.19. The quantitative estimate of drug-likeness (QED) is 0.518. The fraction of sp³-hybridized carbons (Fsp3) is 0.143. The van der Waals surface area contributed by atoms with Gasteiger partial charge < -0.3 is 4.74 Å². The van der Waals surface area contributed by atoms with Crippen LogP contribution in [0.5, 0.6) is 5.75 Å². The number of methoxy groups -OCH3 is 1. The number of hydrazine groups is 1. The van der Waals surface area contributed by atoms with Crippen molar-refractivity contribution in [2.24, 2.45) is 5.84 Å². The first-order chi connectivity index (χ1) is 9.56. The maximum atomic E-state index is 14.0. The van der Waals surface area contributed by atoms with Crippen molar-refractivity contribution in [1.82, 2.24) is 5.43 Å². The van der Waals surface area contributed by atoms with Crippen LogP contribution in [-0.2, 0) is 0 Å². The van der Waals surface area contributed by atoms with Crippen molar-refractivity contribution in [2.45, 2.75) is 6.04 Å². The molecule has 0 amide bonds. The van der Waals surface area contributed by atoms with Gasteiger partial charge in [-0.05, 0) is 29.8 Å². The first-order valence-corrected chi connectivity index (χ1v) is 6.19. The van der Waals surface area contributed by atoms with Gasteiger partial charge in [0.2, 0.25) is 0 Å². The molecule has 0 spiro atoms. The molecule has 2 aromatic rings. The summed E-state index contributed by atoms with van der Waals surface area (Å²) in [5.74, 6) is 4.73. The normalized spacial score (nSPS) is 12.2. The van der Waals surface area contributed by atoms with Crippen LogP contribution >= 0.6 is 11.6 Å². The molecule has 3 nitrogen and oxygen atoms in total. The van der Waals surface area contributed by atoms with Gasteiger partial charge in [-0.2, -0.15) is 0 Å². The second kappa shape index (κ2) is 6.17. The molecule has 6 heteroatoms. The zero-order valence-corrected chi connectivity index (χ0v) is 11.4.